The van der Waals surface area contributed by atoms with Gasteiger partial charge in [0.25, 0.3) is 0 Å². The molecule has 3 fully saturated rings. The first kappa shape index (κ1) is 22.0. The molecule has 166 valence electrons. The summed E-state index contributed by atoms with van der Waals surface area (Å²) in [7, 11) is 0. The van der Waals surface area contributed by atoms with Gasteiger partial charge in [0.05, 0.1) is 6.10 Å². The number of rotatable bonds is 2. The zero-order valence-electron chi connectivity index (χ0n) is 17.8. The molecule has 1 N–H and O–H groups in total. The summed E-state index contributed by atoms with van der Waals surface area (Å²) < 4.78 is 38.1. The van der Waals surface area contributed by atoms with Crippen molar-refractivity contribution in [1.29, 1.82) is 0 Å². The van der Waals surface area contributed by atoms with Gasteiger partial charge >= 0.3 is 5.97 Å². The molecule has 4 rings (SSSR count). The Morgan fingerprint density at radius 2 is 2.00 bits per heavy atom. The second-order valence-corrected chi connectivity index (χ2v) is 10.7. The van der Waals surface area contributed by atoms with Gasteiger partial charge in [-0.3, -0.25) is 9.59 Å². The third-order valence-corrected chi connectivity index (χ3v) is 9.71. The first-order chi connectivity index (χ1) is 13.8. The molecule has 0 radical (unpaired) electrons. The van der Waals surface area contributed by atoms with Crippen molar-refractivity contribution in [2.75, 3.05) is 0 Å². The molecule has 0 aromatic carbocycles. The van der Waals surface area contributed by atoms with Gasteiger partial charge in [-0.25, -0.2) is 8.78 Å². The van der Waals surface area contributed by atoms with Crippen molar-refractivity contribution in [3.05, 3.63) is 23.8 Å². The fraction of sp³-hybridized carbons (Fsp3) is 0.739. The van der Waals surface area contributed by atoms with E-state index >= 15 is 8.78 Å². The first-order valence-corrected chi connectivity index (χ1v) is 11.2. The number of aliphatic hydroxyl groups excluding tert-OH is 1. The van der Waals surface area contributed by atoms with Crippen molar-refractivity contribution < 1.29 is 28.2 Å². The van der Waals surface area contributed by atoms with Gasteiger partial charge in [-0.1, -0.05) is 26.8 Å². The Balaban J connectivity index is 1.82. The fourth-order valence-electron chi connectivity index (χ4n) is 6.97. The van der Waals surface area contributed by atoms with Gasteiger partial charge in [-0.2, -0.15) is 0 Å². The lowest BCUT2D eigenvalue weighted by atomic mass is 9.45. The number of ketones is 1. The smallest absolute Gasteiger partial charge is 0.306 e. The third kappa shape index (κ3) is 2.48. The Morgan fingerprint density at radius 1 is 1.33 bits per heavy atom. The molecule has 4 aliphatic carbocycles. The van der Waals surface area contributed by atoms with Crippen molar-refractivity contribution in [2.24, 2.45) is 28.6 Å². The topological polar surface area (TPSA) is 63.6 Å². The van der Waals surface area contributed by atoms with Crippen molar-refractivity contribution in [2.45, 2.75) is 76.3 Å². The molecule has 7 heteroatoms. The van der Waals surface area contributed by atoms with E-state index in [4.69, 9.17) is 17.4 Å². The van der Waals surface area contributed by atoms with Crippen LogP contribution in [0.5, 0.6) is 0 Å². The highest BCUT2D eigenvalue weighted by Crippen LogP contribution is 2.72. The standard InChI is InChI=1S/C23H30F2O4S/c1-5-19(28)29-23(30)12(2)8-14-15-10-17(24)16-9-13(26)6-7-20(16,3)22(15,25)18(27)11-21(14,23)4/h6-7,9,12,14-15,17-18,27,30H,5,8,10-11H2,1-4H3/t12-,14+,15?,17+,18+,20+,21+,22+,23+/m1/s1. The molecule has 0 bridgehead atoms. The minimum absolute atomic E-state index is 0.0388. The molecule has 4 nitrogen and oxygen atoms in total. The number of hydrogen-bond donors (Lipinski definition) is 2. The highest BCUT2D eigenvalue weighted by molar-refractivity contribution is 7.81. The van der Waals surface area contributed by atoms with Gasteiger partial charge in [0.15, 0.2) is 16.4 Å². The highest BCUT2D eigenvalue weighted by Gasteiger charge is 2.76. The van der Waals surface area contributed by atoms with Crippen LogP contribution in [0.3, 0.4) is 0 Å². The lowest BCUT2D eigenvalue weighted by Gasteiger charge is -2.63. The number of allylic oxidation sites excluding steroid dienone is 4. The molecule has 1 unspecified atom stereocenters. The highest BCUT2D eigenvalue weighted by atomic mass is 32.1. The minimum Gasteiger partial charge on any atom is -0.447 e. The van der Waals surface area contributed by atoms with Crippen LogP contribution in [0, 0.1) is 28.6 Å². The van der Waals surface area contributed by atoms with E-state index in [2.05, 4.69) is 0 Å². The minimum atomic E-state index is -2.13. The number of fused-ring (bicyclic) bond motifs is 5. The molecule has 3 saturated carbocycles. The van der Waals surface area contributed by atoms with Crippen LogP contribution in [0.25, 0.3) is 0 Å². The third-order valence-electron chi connectivity index (χ3n) is 8.67. The normalized spacial score (nSPS) is 52.2. The zero-order chi connectivity index (χ0) is 22.3. The molecule has 0 heterocycles. The largest absolute Gasteiger partial charge is 0.447 e. The fourth-order valence-corrected chi connectivity index (χ4v) is 7.43. The SMILES string of the molecule is CCC(=O)O[C@]1(S)[C@H](C)C[C@H]2C3C[C@H](F)C4=CC(=O)C=C[C@]4(C)[C@@]3(F)[C@@H](O)C[C@@]21C. The van der Waals surface area contributed by atoms with Gasteiger partial charge in [-0.05, 0) is 49.8 Å². The molecule has 0 spiro atoms. The Morgan fingerprint density at radius 3 is 2.63 bits per heavy atom. The molecule has 0 saturated heterocycles. The molecule has 30 heavy (non-hydrogen) atoms. The van der Waals surface area contributed by atoms with Crippen LogP contribution in [-0.2, 0) is 14.3 Å². The molecular weight excluding hydrogens is 410 g/mol. The van der Waals surface area contributed by atoms with Gasteiger partial charge in [0.2, 0.25) is 0 Å². The average Bonchev–Trinajstić information content (AvgIpc) is 2.86. The predicted octanol–water partition coefficient (Wildman–Crippen LogP) is 4.13. The zero-order valence-corrected chi connectivity index (χ0v) is 18.7. The van der Waals surface area contributed by atoms with E-state index in [1.807, 2.05) is 13.8 Å². The van der Waals surface area contributed by atoms with Crippen LogP contribution in [0.15, 0.2) is 23.8 Å². The maximum Gasteiger partial charge on any atom is 0.306 e. The van der Waals surface area contributed by atoms with Crippen LogP contribution in [-0.4, -0.2) is 39.7 Å². The Hall–Kier alpha value is -1.21. The molecule has 9 atom stereocenters. The monoisotopic (exact) mass is 440 g/mol. The number of carbonyl (C=O) groups excluding carboxylic acids is 2. The molecular formula is C23H30F2O4S. The summed E-state index contributed by atoms with van der Waals surface area (Å²) in [4.78, 5) is 22.9. The quantitative estimate of drug-likeness (QED) is 0.385. The second-order valence-electron chi connectivity index (χ2n) is 10.0. The van der Waals surface area contributed by atoms with E-state index in [9.17, 15) is 14.7 Å². The van der Waals surface area contributed by atoms with E-state index in [-0.39, 0.29) is 42.5 Å². The van der Waals surface area contributed by atoms with Crippen LogP contribution in [0.1, 0.15) is 53.4 Å². The summed E-state index contributed by atoms with van der Waals surface area (Å²) in [6.45, 7) is 7.06. The van der Waals surface area contributed by atoms with Crippen LogP contribution in [0.2, 0.25) is 0 Å². The Kier molecular flexibility index (Phi) is 4.87. The number of alkyl halides is 2. The van der Waals surface area contributed by atoms with Gasteiger partial charge in [0.1, 0.15) is 6.17 Å². The second kappa shape index (κ2) is 6.64. The molecule has 0 amide bonds. The number of carbonyl (C=O) groups is 2. The van der Waals surface area contributed by atoms with Gasteiger partial charge in [0, 0.05) is 29.1 Å². The van der Waals surface area contributed by atoms with E-state index in [0.29, 0.717) is 6.42 Å². The number of ether oxygens (including phenoxy) is 1. The first-order valence-electron chi connectivity index (χ1n) is 10.8. The van der Waals surface area contributed by atoms with Gasteiger partial charge < -0.3 is 9.84 Å². The maximum atomic E-state index is 17.0. The summed E-state index contributed by atoms with van der Waals surface area (Å²) >= 11 is 4.81. The Bertz CT molecular complexity index is 858. The molecule has 0 aliphatic heterocycles. The maximum absolute atomic E-state index is 17.0. The van der Waals surface area contributed by atoms with Crippen LogP contribution >= 0.6 is 12.6 Å². The molecule has 0 aromatic heterocycles. The van der Waals surface area contributed by atoms with E-state index in [1.54, 1.807) is 13.8 Å². The predicted molar refractivity (Wildman–Crippen MR) is 111 cm³/mol. The average molecular weight is 441 g/mol. The van der Waals surface area contributed by atoms with Gasteiger partial charge in [-0.15, -0.1) is 12.6 Å². The van der Waals surface area contributed by atoms with Crippen LogP contribution < -0.4 is 0 Å². The Labute approximate surface area is 181 Å². The number of thiol groups is 1. The van der Waals surface area contributed by atoms with Crippen molar-refractivity contribution >= 4 is 24.4 Å². The molecule has 0 aromatic rings. The van der Waals surface area contributed by atoms with Crippen molar-refractivity contribution in [3.8, 4) is 0 Å². The summed E-state index contributed by atoms with van der Waals surface area (Å²) in [5, 5.41) is 11.2. The van der Waals surface area contributed by atoms with Crippen molar-refractivity contribution in [1.82, 2.24) is 0 Å². The summed E-state index contributed by atoms with van der Waals surface area (Å²) in [6, 6.07) is 0. The van der Waals surface area contributed by atoms with E-state index in [0.717, 1.165) is 0 Å². The summed E-state index contributed by atoms with van der Waals surface area (Å²) in [5.74, 6) is -2.07. The summed E-state index contributed by atoms with van der Waals surface area (Å²) in [5.41, 5.74) is -4.24. The number of halogens is 2. The number of aliphatic hydroxyl groups is 1. The lowest BCUT2D eigenvalue weighted by Crippen LogP contribution is -2.69. The van der Waals surface area contributed by atoms with Crippen LogP contribution in [0.4, 0.5) is 8.78 Å². The lowest BCUT2D eigenvalue weighted by molar-refractivity contribution is -0.217. The number of hydrogen-bond acceptors (Lipinski definition) is 5. The van der Waals surface area contributed by atoms with E-state index in [1.165, 1.54) is 18.2 Å². The summed E-state index contributed by atoms with van der Waals surface area (Å²) in [6.07, 6.45) is 1.62. The molecule has 4 aliphatic rings. The number of esters is 1. The van der Waals surface area contributed by atoms with Crippen molar-refractivity contribution in [3.63, 3.8) is 0 Å². The van der Waals surface area contributed by atoms with E-state index < -0.39 is 45.6 Å².